The first-order valence-corrected chi connectivity index (χ1v) is 6.79. The largest absolute Gasteiger partial charge is 0.334 e. The average Bonchev–Trinajstić information content (AvgIpc) is 3.01. The molecule has 0 saturated carbocycles. The second kappa shape index (κ2) is 5.12. The molecule has 0 aliphatic carbocycles. The number of benzene rings is 1. The molecule has 1 aliphatic heterocycles. The first-order valence-electron chi connectivity index (χ1n) is 6.79. The molecule has 2 amide bonds. The molecule has 0 radical (unpaired) electrons. The maximum atomic E-state index is 11.9. The van der Waals surface area contributed by atoms with Crippen LogP contribution in [0.2, 0.25) is 0 Å². The van der Waals surface area contributed by atoms with Crippen molar-refractivity contribution < 1.29 is 14.1 Å². The smallest absolute Gasteiger partial charge is 0.258 e. The van der Waals surface area contributed by atoms with E-state index in [9.17, 15) is 9.59 Å². The molecule has 1 atom stereocenters. The van der Waals surface area contributed by atoms with Crippen molar-refractivity contribution in [3.63, 3.8) is 0 Å². The molecule has 0 N–H and O–H groups in total. The summed E-state index contributed by atoms with van der Waals surface area (Å²) in [5, 5.41) is 3.86. The summed E-state index contributed by atoms with van der Waals surface area (Å²) in [4.78, 5) is 29.1. The number of imide groups is 1. The molecule has 0 unspecified atom stereocenters. The molecule has 1 fully saturated rings. The van der Waals surface area contributed by atoms with Gasteiger partial charge in [-0.2, -0.15) is 4.98 Å². The van der Waals surface area contributed by atoms with Gasteiger partial charge in [-0.25, -0.2) is 0 Å². The molecule has 0 spiro atoms. The normalized spacial score (nSPS) is 18.6. The molecular formula is C15H15N3O3. The summed E-state index contributed by atoms with van der Waals surface area (Å²) in [6, 6.07) is 7.66. The Morgan fingerprint density at radius 2 is 2.10 bits per heavy atom. The Hall–Kier alpha value is -2.50. The number of aromatic nitrogens is 2. The number of nitrogens with zero attached hydrogens (tertiary/aromatic N) is 3. The van der Waals surface area contributed by atoms with Gasteiger partial charge >= 0.3 is 0 Å². The summed E-state index contributed by atoms with van der Waals surface area (Å²) in [5.74, 6) is 0.108. The Balaban J connectivity index is 1.82. The van der Waals surface area contributed by atoms with Gasteiger partial charge in [-0.3, -0.25) is 14.5 Å². The van der Waals surface area contributed by atoms with Crippen LogP contribution >= 0.6 is 0 Å². The number of amides is 2. The van der Waals surface area contributed by atoms with Crippen LogP contribution in [0.15, 0.2) is 28.8 Å². The molecule has 3 rings (SSSR count). The summed E-state index contributed by atoms with van der Waals surface area (Å²) in [6.45, 7) is 3.76. The van der Waals surface area contributed by atoms with E-state index in [1.165, 1.54) is 4.90 Å². The number of carbonyl (C=O) groups excluding carboxylic acids is 2. The van der Waals surface area contributed by atoms with Gasteiger partial charge < -0.3 is 4.52 Å². The predicted octanol–water partition coefficient (Wildman–Crippen LogP) is 1.94. The van der Waals surface area contributed by atoms with Crippen LogP contribution in [-0.2, 0) is 16.1 Å². The van der Waals surface area contributed by atoms with Crippen molar-refractivity contribution in [3.8, 4) is 11.5 Å². The zero-order chi connectivity index (χ0) is 15.0. The zero-order valence-corrected chi connectivity index (χ0v) is 11.9. The summed E-state index contributed by atoms with van der Waals surface area (Å²) in [5.41, 5.74) is 1.87. The maximum Gasteiger partial charge on any atom is 0.258 e. The van der Waals surface area contributed by atoms with Gasteiger partial charge in [0.1, 0.15) is 0 Å². The predicted molar refractivity (Wildman–Crippen MR) is 73.8 cm³/mol. The minimum Gasteiger partial charge on any atom is -0.334 e. The Bertz CT molecular complexity index is 708. The van der Waals surface area contributed by atoms with E-state index >= 15 is 0 Å². The van der Waals surface area contributed by atoms with E-state index in [0.717, 1.165) is 11.1 Å². The van der Waals surface area contributed by atoms with Crippen LogP contribution in [0, 0.1) is 12.8 Å². The van der Waals surface area contributed by atoms with E-state index in [4.69, 9.17) is 4.52 Å². The highest BCUT2D eigenvalue weighted by atomic mass is 16.5. The topological polar surface area (TPSA) is 76.3 Å². The summed E-state index contributed by atoms with van der Waals surface area (Å²) in [6.07, 6.45) is 0.251. The van der Waals surface area contributed by atoms with Crippen molar-refractivity contribution in [2.24, 2.45) is 5.92 Å². The Morgan fingerprint density at radius 1 is 1.33 bits per heavy atom. The molecule has 1 aromatic heterocycles. The number of hydrogen-bond acceptors (Lipinski definition) is 5. The first kappa shape index (κ1) is 13.5. The van der Waals surface area contributed by atoms with E-state index < -0.39 is 0 Å². The van der Waals surface area contributed by atoms with Gasteiger partial charge in [-0.1, -0.05) is 30.3 Å². The summed E-state index contributed by atoms with van der Waals surface area (Å²) < 4.78 is 5.23. The Labute approximate surface area is 121 Å². The van der Waals surface area contributed by atoms with E-state index in [1.54, 1.807) is 6.92 Å². The van der Waals surface area contributed by atoms with Gasteiger partial charge in [-0.05, 0) is 18.6 Å². The highest BCUT2D eigenvalue weighted by molar-refractivity contribution is 6.03. The summed E-state index contributed by atoms with van der Waals surface area (Å²) in [7, 11) is 0. The average molecular weight is 285 g/mol. The standard InChI is InChI=1S/C15H15N3O3/c1-9-5-3-4-6-11(9)14-16-12(17-21-14)8-18-13(19)7-10(2)15(18)20/h3-6,10H,7-8H2,1-2H3/t10-/m0/s1. The quantitative estimate of drug-likeness (QED) is 0.805. The molecule has 1 saturated heterocycles. The highest BCUT2D eigenvalue weighted by Gasteiger charge is 2.36. The maximum absolute atomic E-state index is 11.9. The lowest BCUT2D eigenvalue weighted by Crippen LogP contribution is -2.30. The Kier molecular flexibility index (Phi) is 3.29. The first-order chi connectivity index (χ1) is 10.1. The molecule has 6 heteroatoms. The third-order valence-electron chi connectivity index (χ3n) is 3.61. The fourth-order valence-corrected chi connectivity index (χ4v) is 2.40. The van der Waals surface area contributed by atoms with Crippen LogP contribution in [0.3, 0.4) is 0 Å². The molecular weight excluding hydrogens is 270 g/mol. The lowest BCUT2D eigenvalue weighted by molar-refractivity contribution is -0.140. The highest BCUT2D eigenvalue weighted by Crippen LogP contribution is 2.23. The Morgan fingerprint density at radius 3 is 2.76 bits per heavy atom. The third-order valence-corrected chi connectivity index (χ3v) is 3.61. The van der Waals surface area contributed by atoms with Crippen molar-refractivity contribution in [3.05, 3.63) is 35.7 Å². The van der Waals surface area contributed by atoms with Gasteiger partial charge in [-0.15, -0.1) is 0 Å². The molecule has 2 aromatic rings. The minimum absolute atomic E-state index is 0.0669. The van der Waals surface area contributed by atoms with Gasteiger partial charge in [0.15, 0.2) is 5.82 Å². The lowest BCUT2D eigenvalue weighted by atomic mass is 10.1. The molecule has 1 aromatic carbocycles. The second-order valence-corrected chi connectivity index (χ2v) is 5.25. The fraction of sp³-hybridized carbons (Fsp3) is 0.333. The molecule has 108 valence electrons. The summed E-state index contributed by atoms with van der Waals surface area (Å²) >= 11 is 0. The van der Waals surface area contributed by atoms with Crippen molar-refractivity contribution in [2.75, 3.05) is 0 Å². The van der Waals surface area contributed by atoms with Gasteiger partial charge in [0.25, 0.3) is 5.89 Å². The van der Waals surface area contributed by atoms with Crippen molar-refractivity contribution >= 4 is 11.8 Å². The fourth-order valence-electron chi connectivity index (χ4n) is 2.40. The molecule has 2 heterocycles. The van der Waals surface area contributed by atoms with E-state index in [0.29, 0.717) is 11.7 Å². The molecule has 1 aliphatic rings. The lowest BCUT2D eigenvalue weighted by Gasteiger charge is -2.10. The molecule has 21 heavy (non-hydrogen) atoms. The number of hydrogen-bond donors (Lipinski definition) is 0. The number of aryl methyl sites for hydroxylation is 1. The van der Waals surface area contributed by atoms with Gasteiger partial charge in [0.2, 0.25) is 11.8 Å². The van der Waals surface area contributed by atoms with Gasteiger partial charge in [0, 0.05) is 17.9 Å². The van der Waals surface area contributed by atoms with Crippen LogP contribution < -0.4 is 0 Å². The van der Waals surface area contributed by atoms with Crippen LogP contribution in [-0.4, -0.2) is 26.9 Å². The van der Waals surface area contributed by atoms with Gasteiger partial charge in [0.05, 0.1) is 6.54 Å². The second-order valence-electron chi connectivity index (χ2n) is 5.25. The van der Waals surface area contributed by atoms with Crippen LogP contribution in [0.4, 0.5) is 0 Å². The van der Waals surface area contributed by atoms with Crippen molar-refractivity contribution in [1.82, 2.24) is 15.0 Å². The third kappa shape index (κ3) is 2.44. The zero-order valence-electron chi connectivity index (χ0n) is 11.9. The van der Waals surface area contributed by atoms with Crippen LogP contribution in [0.25, 0.3) is 11.5 Å². The molecule has 0 bridgehead atoms. The van der Waals surface area contributed by atoms with Crippen molar-refractivity contribution in [1.29, 1.82) is 0 Å². The monoisotopic (exact) mass is 285 g/mol. The van der Waals surface area contributed by atoms with E-state index in [-0.39, 0.29) is 30.7 Å². The number of likely N-dealkylation sites (tertiary alicyclic amines) is 1. The van der Waals surface area contributed by atoms with Crippen LogP contribution in [0.1, 0.15) is 24.7 Å². The van der Waals surface area contributed by atoms with Crippen LogP contribution in [0.5, 0.6) is 0 Å². The molecule has 6 nitrogen and oxygen atoms in total. The number of rotatable bonds is 3. The van der Waals surface area contributed by atoms with E-state index in [1.807, 2.05) is 31.2 Å². The van der Waals surface area contributed by atoms with Crippen molar-refractivity contribution in [2.45, 2.75) is 26.8 Å². The van der Waals surface area contributed by atoms with E-state index in [2.05, 4.69) is 10.1 Å². The SMILES string of the molecule is Cc1ccccc1-c1nc(CN2C(=O)C[C@H](C)C2=O)no1. The minimum atomic E-state index is -0.264. The number of carbonyl (C=O) groups is 2.